The van der Waals surface area contributed by atoms with E-state index in [1.54, 1.807) is 0 Å². The number of rotatable bonds is 1. The average molecular weight is 205 g/mol. The summed E-state index contributed by atoms with van der Waals surface area (Å²) < 4.78 is 5.80. The van der Waals surface area contributed by atoms with Crippen molar-refractivity contribution in [1.29, 1.82) is 0 Å². The Balaban J connectivity index is 2.49. The van der Waals surface area contributed by atoms with Gasteiger partial charge in [0.25, 0.3) is 0 Å². The first-order valence-electron chi connectivity index (χ1n) is 5.47. The summed E-state index contributed by atoms with van der Waals surface area (Å²) in [4.78, 5) is 0. The number of hydrogen-bond acceptors (Lipinski definition) is 2. The molecule has 0 saturated heterocycles. The van der Waals surface area contributed by atoms with Crippen LogP contribution in [0.2, 0.25) is 0 Å². The van der Waals surface area contributed by atoms with Crippen LogP contribution >= 0.6 is 0 Å². The van der Waals surface area contributed by atoms with Crippen molar-refractivity contribution in [2.24, 2.45) is 0 Å². The van der Waals surface area contributed by atoms with Gasteiger partial charge in [0, 0.05) is 5.56 Å². The molecule has 1 unspecified atom stereocenters. The van der Waals surface area contributed by atoms with Crippen molar-refractivity contribution in [3.63, 3.8) is 0 Å². The van der Waals surface area contributed by atoms with Gasteiger partial charge in [0.2, 0.25) is 0 Å². The second-order valence-electron chi connectivity index (χ2n) is 5.13. The molecular formula is C13H19NO. The van der Waals surface area contributed by atoms with Gasteiger partial charge < -0.3 is 10.1 Å². The minimum Gasteiger partial charge on any atom is -0.491 e. The summed E-state index contributed by atoms with van der Waals surface area (Å²) in [6.45, 7) is 7.41. The first-order valence-corrected chi connectivity index (χ1v) is 5.47. The second kappa shape index (κ2) is 3.53. The summed E-state index contributed by atoms with van der Waals surface area (Å²) in [6.07, 6.45) is 0. The number of ether oxygens (including phenoxy) is 1. The third-order valence-electron chi connectivity index (χ3n) is 2.97. The lowest BCUT2D eigenvalue weighted by atomic mass is 9.85. The van der Waals surface area contributed by atoms with Crippen molar-refractivity contribution in [1.82, 2.24) is 5.32 Å². The van der Waals surface area contributed by atoms with Gasteiger partial charge in [-0.25, -0.2) is 0 Å². The molecule has 15 heavy (non-hydrogen) atoms. The van der Waals surface area contributed by atoms with Gasteiger partial charge in [-0.2, -0.15) is 0 Å². The highest BCUT2D eigenvalue weighted by molar-refractivity contribution is 5.48. The van der Waals surface area contributed by atoms with Crippen molar-refractivity contribution >= 4 is 0 Å². The lowest BCUT2D eigenvalue weighted by Gasteiger charge is -2.21. The highest BCUT2D eigenvalue weighted by Crippen LogP contribution is 2.40. The SMILES string of the molecule is CNC1COc2c1cccc2C(C)(C)C. The second-order valence-corrected chi connectivity index (χ2v) is 5.13. The summed E-state index contributed by atoms with van der Waals surface area (Å²) in [7, 11) is 1.98. The molecular weight excluding hydrogens is 186 g/mol. The number of likely N-dealkylation sites (N-methyl/N-ethyl adjacent to an activating group) is 1. The molecule has 2 heteroatoms. The number of nitrogens with one attached hydrogen (secondary N) is 1. The van der Waals surface area contributed by atoms with E-state index in [2.05, 4.69) is 44.3 Å². The summed E-state index contributed by atoms with van der Waals surface area (Å²) in [5.74, 6) is 1.09. The van der Waals surface area contributed by atoms with Gasteiger partial charge in [-0.15, -0.1) is 0 Å². The Morgan fingerprint density at radius 1 is 1.33 bits per heavy atom. The maximum atomic E-state index is 5.80. The quantitative estimate of drug-likeness (QED) is 0.761. The van der Waals surface area contributed by atoms with Gasteiger partial charge >= 0.3 is 0 Å². The molecule has 2 rings (SSSR count). The molecule has 0 saturated carbocycles. The third-order valence-corrected chi connectivity index (χ3v) is 2.97. The summed E-state index contributed by atoms with van der Waals surface area (Å²) in [5, 5.41) is 3.27. The van der Waals surface area contributed by atoms with Crippen LogP contribution in [0.15, 0.2) is 18.2 Å². The number of benzene rings is 1. The van der Waals surface area contributed by atoms with Crippen molar-refractivity contribution in [3.8, 4) is 5.75 Å². The van der Waals surface area contributed by atoms with Gasteiger partial charge in [0.15, 0.2) is 0 Å². The number of fused-ring (bicyclic) bond motifs is 1. The van der Waals surface area contributed by atoms with E-state index in [4.69, 9.17) is 4.74 Å². The molecule has 0 aliphatic carbocycles. The average Bonchev–Trinajstić information content (AvgIpc) is 2.58. The van der Waals surface area contributed by atoms with Gasteiger partial charge in [-0.05, 0) is 18.0 Å². The summed E-state index contributed by atoms with van der Waals surface area (Å²) in [6, 6.07) is 6.79. The topological polar surface area (TPSA) is 21.3 Å². The van der Waals surface area contributed by atoms with E-state index < -0.39 is 0 Å². The van der Waals surface area contributed by atoms with Crippen molar-refractivity contribution in [3.05, 3.63) is 29.3 Å². The monoisotopic (exact) mass is 205 g/mol. The lowest BCUT2D eigenvalue weighted by molar-refractivity contribution is 0.312. The molecule has 0 amide bonds. The number of hydrogen-bond donors (Lipinski definition) is 1. The fourth-order valence-corrected chi connectivity index (χ4v) is 2.08. The normalized spacial score (nSPS) is 19.9. The smallest absolute Gasteiger partial charge is 0.128 e. The van der Waals surface area contributed by atoms with Crippen LogP contribution < -0.4 is 10.1 Å². The zero-order valence-corrected chi connectivity index (χ0v) is 9.92. The van der Waals surface area contributed by atoms with Crippen molar-refractivity contribution in [2.45, 2.75) is 32.2 Å². The van der Waals surface area contributed by atoms with Gasteiger partial charge in [-0.1, -0.05) is 39.0 Å². The minimum absolute atomic E-state index is 0.147. The van der Waals surface area contributed by atoms with E-state index in [9.17, 15) is 0 Å². The Hall–Kier alpha value is -1.02. The number of para-hydroxylation sites is 1. The highest BCUT2D eigenvalue weighted by Gasteiger charge is 2.28. The van der Waals surface area contributed by atoms with E-state index in [-0.39, 0.29) is 5.41 Å². The Kier molecular flexibility index (Phi) is 2.47. The lowest BCUT2D eigenvalue weighted by Crippen LogP contribution is -2.17. The van der Waals surface area contributed by atoms with Crippen LogP contribution in [0.5, 0.6) is 5.75 Å². The standard InChI is InChI=1S/C13H19NO/c1-13(2,3)10-7-5-6-9-11(14-4)8-15-12(9)10/h5-7,11,14H,8H2,1-4H3. The third kappa shape index (κ3) is 1.74. The van der Waals surface area contributed by atoms with Gasteiger partial charge in [0.05, 0.1) is 6.04 Å². The van der Waals surface area contributed by atoms with Crippen molar-refractivity contribution in [2.75, 3.05) is 13.7 Å². The minimum atomic E-state index is 0.147. The highest BCUT2D eigenvalue weighted by atomic mass is 16.5. The molecule has 0 aromatic heterocycles. The molecule has 2 nitrogen and oxygen atoms in total. The molecule has 0 spiro atoms. The van der Waals surface area contributed by atoms with Crippen LogP contribution in [0.3, 0.4) is 0 Å². The Morgan fingerprint density at radius 2 is 2.07 bits per heavy atom. The molecule has 1 aromatic carbocycles. The molecule has 82 valence electrons. The fourth-order valence-electron chi connectivity index (χ4n) is 2.08. The van der Waals surface area contributed by atoms with Gasteiger partial charge in [0.1, 0.15) is 12.4 Å². The van der Waals surface area contributed by atoms with E-state index in [1.807, 2.05) is 7.05 Å². The van der Waals surface area contributed by atoms with Crippen LogP contribution in [-0.2, 0) is 5.41 Å². The van der Waals surface area contributed by atoms with Crippen LogP contribution in [0.4, 0.5) is 0 Å². The molecule has 1 aliphatic heterocycles. The van der Waals surface area contributed by atoms with Crippen LogP contribution in [0.1, 0.15) is 37.9 Å². The molecule has 1 atom stereocenters. The maximum Gasteiger partial charge on any atom is 0.128 e. The van der Waals surface area contributed by atoms with Crippen LogP contribution in [-0.4, -0.2) is 13.7 Å². The zero-order valence-electron chi connectivity index (χ0n) is 9.92. The molecule has 0 fully saturated rings. The Labute approximate surface area is 91.6 Å². The largest absolute Gasteiger partial charge is 0.491 e. The van der Waals surface area contributed by atoms with Crippen molar-refractivity contribution < 1.29 is 4.74 Å². The first kappa shape index (κ1) is 10.5. The van der Waals surface area contributed by atoms with E-state index >= 15 is 0 Å². The maximum absolute atomic E-state index is 5.80. The first-order chi connectivity index (χ1) is 7.04. The molecule has 0 radical (unpaired) electrons. The zero-order chi connectivity index (χ0) is 11.1. The van der Waals surface area contributed by atoms with E-state index in [0.717, 1.165) is 12.4 Å². The van der Waals surface area contributed by atoms with E-state index in [1.165, 1.54) is 11.1 Å². The predicted molar refractivity (Wildman–Crippen MR) is 62.4 cm³/mol. The van der Waals surface area contributed by atoms with Crippen LogP contribution in [0, 0.1) is 0 Å². The summed E-state index contributed by atoms with van der Waals surface area (Å²) >= 11 is 0. The van der Waals surface area contributed by atoms with Crippen LogP contribution in [0.25, 0.3) is 0 Å². The molecule has 1 aromatic rings. The molecule has 1 aliphatic rings. The Morgan fingerprint density at radius 3 is 2.67 bits per heavy atom. The molecule has 0 bridgehead atoms. The predicted octanol–water partition coefficient (Wildman–Crippen LogP) is 2.64. The summed E-state index contributed by atoms with van der Waals surface area (Å²) in [5.41, 5.74) is 2.75. The van der Waals surface area contributed by atoms with E-state index in [0.29, 0.717) is 6.04 Å². The fraction of sp³-hybridized carbons (Fsp3) is 0.538. The molecule has 1 heterocycles. The molecule has 1 N–H and O–H groups in total. The van der Waals surface area contributed by atoms with Gasteiger partial charge in [-0.3, -0.25) is 0 Å². The Bertz CT molecular complexity index is 365.